The Labute approximate surface area is 90.9 Å². The Morgan fingerprint density at radius 1 is 1.47 bits per heavy atom. The molecule has 82 valence electrons. The van der Waals surface area contributed by atoms with Crippen molar-refractivity contribution in [3.8, 4) is 5.75 Å². The topological polar surface area (TPSA) is 29.5 Å². The lowest BCUT2D eigenvalue weighted by molar-refractivity contribution is 0.178. The predicted molar refractivity (Wildman–Crippen MR) is 59.9 cm³/mol. The van der Waals surface area contributed by atoms with Gasteiger partial charge in [-0.05, 0) is 43.4 Å². The van der Waals surface area contributed by atoms with Gasteiger partial charge in [0, 0.05) is 0 Å². The first-order valence-electron chi connectivity index (χ1n) is 5.66. The van der Waals surface area contributed by atoms with E-state index in [1.165, 1.54) is 19.3 Å². The average Bonchev–Trinajstić information content (AvgIpc) is 2.16. The van der Waals surface area contributed by atoms with Crippen LogP contribution in [0.3, 0.4) is 0 Å². The van der Waals surface area contributed by atoms with Crippen LogP contribution in [-0.4, -0.2) is 11.7 Å². The summed E-state index contributed by atoms with van der Waals surface area (Å²) in [5.41, 5.74) is 0.918. The molecule has 1 N–H and O–H groups in total. The Morgan fingerprint density at radius 3 is 2.87 bits per heavy atom. The number of aliphatic hydroxyl groups is 1. The Hall–Kier alpha value is -1.02. The first kappa shape index (κ1) is 10.5. The van der Waals surface area contributed by atoms with Crippen LogP contribution < -0.4 is 4.74 Å². The van der Waals surface area contributed by atoms with E-state index >= 15 is 0 Å². The number of hydrogen-bond acceptors (Lipinski definition) is 2. The van der Waals surface area contributed by atoms with Crippen LogP contribution in [0.25, 0.3) is 0 Å². The maximum absolute atomic E-state index is 9.43. The molecular weight excluding hydrogens is 188 g/mol. The second-order valence-electron chi connectivity index (χ2n) is 4.36. The fourth-order valence-corrected chi connectivity index (χ4v) is 1.74. The number of aliphatic hydroxyl groups excluding tert-OH is 1. The zero-order valence-corrected chi connectivity index (χ0v) is 9.15. The third kappa shape index (κ3) is 2.72. The number of benzene rings is 1. The van der Waals surface area contributed by atoms with Crippen LogP contribution in [0.2, 0.25) is 0 Å². The van der Waals surface area contributed by atoms with Crippen LogP contribution in [0.1, 0.15) is 37.9 Å². The van der Waals surface area contributed by atoms with Crippen molar-refractivity contribution in [3.05, 3.63) is 29.8 Å². The summed E-state index contributed by atoms with van der Waals surface area (Å²) in [6.45, 7) is 2.59. The zero-order valence-electron chi connectivity index (χ0n) is 9.15. The second kappa shape index (κ2) is 4.67. The van der Waals surface area contributed by atoms with Crippen molar-refractivity contribution < 1.29 is 9.84 Å². The quantitative estimate of drug-likeness (QED) is 0.820. The summed E-state index contributed by atoms with van der Waals surface area (Å²) in [7, 11) is 0. The Bertz CT molecular complexity index is 316. The van der Waals surface area contributed by atoms with Crippen molar-refractivity contribution in [1.29, 1.82) is 0 Å². The van der Waals surface area contributed by atoms with Crippen molar-refractivity contribution in [2.24, 2.45) is 5.92 Å². The smallest absolute Gasteiger partial charge is 0.119 e. The molecule has 1 aromatic carbocycles. The highest BCUT2D eigenvalue weighted by atomic mass is 16.5. The van der Waals surface area contributed by atoms with E-state index in [1.807, 2.05) is 24.3 Å². The third-order valence-corrected chi connectivity index (χ3v) is 3.05. The van der Waals surface area contributed by atoms with Crippen molar-refractivity contribution in [3.63, 3.8) is 0 Å². The highest BCUT2D eigenvalue weighted by Gasteiger charge is 2.17. The van der Waals surface area contributed by atoms with Gasteiger partial charge in [-0.2, -0.15) is 0 Å². The maximum atomic E-state index is 9.43. The van der Waals surface area contributed by atoms with Crippen LogP contribution in [0.4, 0.5) is 0 Å². The van der Waals surface area contributed by atoms with E-state index < -0.39 is 6.10 Å². The molecule has 1 fully saturated rings. The molecule has 1 aliphatic carbocycles. The highest BCUT2D eigenvalue weighted by molar-refractivity contribution is 5.29. The Balaban J connectivity index is 1.92. The molecule has 15 heavy (non-hydrogen) atoms. The standard InChI is InChI=1S/C13H18O2/c1-10(14)12-6-3-7-13(8-12)15-9-11-4-2-5-11/h3,6-8,10-11,14H,2,4-5,9H2,1H3/t10-/m0/s1. The summed E-state index contributed by atoms with van der Waals surface area (Å²) in [6.07, 6.45) is 3.53. The van der Waals surface area contributed by atoms with E-state index in [2.05, 4.69) is 0 Å². The van der Waals surface area contributed by atoms with Gasteiger partial charge in [-0.3, -0.25) is 0 Å². The van der Waals surface area contributed by atoms with Gasteiger partial charge in [-0.1, -0.05) is 18.6 Å². The first-order chi connectivity index (χ1) is 7.25. The van der Waals surface area contributed by atoms with Gasteiger partial charge >= 0.3 is 0 Å². The molecule has 0 amide bonds. The molecule has 0 aromatic heterocycles. The Morgan fingerprint density at radius 2 is 2.27 bits per heavy atom. The Kier molecular flexibility index (Phi) is 3.27. The van der Waals surface area contributed by atoms with E-state index in [4.69, 9.17) is 4.74 Å². The summed E-state index contributed by atoms with van der Waals surface area (Å²) in [5, 5.41) is 9.43. The van der Waals surface area contributed by atoms with Crippen molar-refractivity contribution >= 4 is 0 Å². The van der Waals surface area contributed by atoms with E-state index in [-0.39, 0.29) is 0 Å². The molecule has 0 bridgehead atoms. The van der Waals surface area contributed by atoms with Gasteiger partial charge in [0.2, 0.25) is 0 Å². The maximum Gasteiger partial charge on any atom is 0.119 e. The van der Waals surface area contributed by atoms with Crippen molar-refractivity contribution in [2.75, 3.05) is 6.61 Å². The van der Waals surface area contributed by atoms with Crippen molar-refractivity contribution in [1.82, 2.24) is 0 Å². The van der Waals surface area contributed by atoms with E-state index in [0.29, 0.717) is 0 Å². The predicted octanol–water partition coefficient (Wildman–Crippen LogP) is 2.92. The van der Waals surface area contributed by atoms with Crippen LogP contribution >= 0.6 is 0 Å². The molecule has 0 spiro atoms. The van der Waals surface area contributed by atoms with E-state index in [0.717, 1.165) is 23.8 Å². The SMILES string of the molecule is C[C@H](O)c1cccc(OCC2CCC2)c1. The van der Waals surface area contributed by atoms with Gasteiger partial charge in [0.05, 0.1) is 12.7 Å². The van der Waals surface area contributed by atoms with Gasteiger partial charge < -0.3 is 9.84 Å². The summed E-state index contributed by atoms with van der Waals surface area (Å²) < 4.78 is 5.69. The summed E-state index contributed by atoms with van der Waals surface area (Å²) in [4.78, 5) is 0. The molecule has 0 aliphatic heterocycles. The van der Waals surface area contributed by atoms with Gasteiger partial charge in [0.25, 0.3) is 0 Å². The van der Waals surface area contributed by atoms with E-state index in [9.17, 15) is 5.11 Å². The fourth-order valence-electron chi connectivity index (χ4n) is 1.74. The zero-order chi connectivity index (χ0) is 10.7. The number of rotatable bonds is 4. The average molecular weight is 206 g/mol. The third-order valence-electron chi connectivity index (χ3n) is 3.05. The van der Waals surface area contributed by atoms with Crippen molar-refractivity contribution in [2.45, 2.75) is 32.3 Å². The molecule has 0 heterocycles. The molecule has 1 saturated carbocycles. The molecule has 2 nitrogen and oxygen atoms in total. The minimum absolute atomic E-state index is 0.419. The van der Waals surface area contributed by atoms with Crippen LogP contribution in [0.15, 0.2) is 24.3 Å². The lowest BCUT2D eigenvalue weighted by Crippen LogP contribution is -2.19. The molecule has 0 radical (unpaired) electrons. The lowest BCUT2D eigenvalue weighted by Gasteiger charge is -2.25. The summed E-state index contributed by atoms with van der Waals surface area (Å²) in [5.74, 6) is 1.63. The lowest BCUT2D eigenvalue weighted by atomic mass is 9.86. The van der Waals surface area contributed by atoms with Gasteiger partial charge in [0.1, 0.15) is 5.75 Å². The fraction of sp³-hybridized carbons (Fsp3) is 0.538. The van der Waals surface area contributed by atoms with Gasteiger partial charge in [-0.25, -0.2) is 0 Å². The summed E-state index contributed by atoms with van der Waals surface area (Å²) >= 11 is 0. The molecule has 0 saturated heterocycles. The van der Waals surface area contributed by atoms with Crippen LogP contribution in [-0.2, 0) is 0 Å². The molecule has 2 rings (SSSR count). The highest BCUT2D eigenvalue weighted by Crippen LogP contribution is 2.27. The largest absolute Gasteiger partial charge is 0.493 e. The normalized spacial score (nSPS) is 18.3. The van der Waals surface area contributed by atoms with Gasteiger partial charge in [0.15, 0.2) is 0 Å². The number of hydrogen-bond donors (Lipinski definition) is 1. The minimum atomic E-state index is -0.419. The van der Waals surface area contributed by atoms with E-state index in [1.54, 1.807) is 6.92 Å². The minimum Gasteiger partial charge on any atom is -0.493 e. The van der Waals surface area contributed by atoms with Gasteiger partial charge in [-0.15, -0.1) is 0 Å². The number of ether oxygens (including phenoxy) is 1. The molecule has 1 aromatic rings. The molecule has 1 atom stereocenters. The summed E-state index contributed by atoms with van der Waals surface area (Å²) in [6, 6.07) is 7.72. The second-order valence-corrected chi connectivity index (χ2v) is 4.36. The monoisotopic (exact) mass is 206 g/mol. The molecule has 1 aliphatic rings. The first-order valence-corrected chi connectivity index (χ1v) is 5.66. The molecule has 0 unspecified atom stereocenters. The molecular formula is C13H18O2. The van der Waals surface area contributed by atoms with Crippen LogP contribution in [0, 0.1) is 5.92 Å². The van der Waals surface area contributed by atoms with Crippen LogP contribution in [0.5, 0.6) is 5.75 Å². The molecule has 2 heteroatoms.